The van der Waals surface area contributed by atoms with Crippen molar-refractivity contribution in [2.45, 2.75) is 6.92 Å². The van der Waals surface area contributed by atoms with Crippen molar-refractivity contribution in [2.75, 3.05) is 0 Å². The molecule has 2 rings (SSSR count). The highest BCUT2D eigenvalue weighted by Crippen LogP contribution is 2.26. The van der Waals surface area contributed by atoms with Crippen molar-refractivity contribution >= 4 is 22.3 Å². The van der Waals surface area contributed by atoms with Crippen LogP contribution in [0.25, 0.3) is 22.3 Å². The first-order valence-corrected chi connectivity index (χ1v) is 7.15. The molecule has 0 fully saturated rings. The number of rotatable bonds is 6. The quantitative estimate of drug-likeness (QED) is 0.651. The van der Waals surface area contributed by atoms with E-state index >= 15 is 0 Å². The number of hydrogen-bond acceptors (Lipinski definition) is 1. The molecule has 2 heteroatoms. The normalized spacial score (nSPS) is 12.8. The van der Waals surface area contributed by atoms with E-state index in [4.69, 9.17) is 4.98 Å². The van der Waals surface area contributed by atoms with Gasteiger partial charge in [-0.25, -0.2) is 4.98 Å². The summed E-state index contributed by atoms with van der Waals surface area (Å²) in [6, 6.07) is 8.06. The van der Waals surface area contributed by atoms with E-state index < -0.39 is 0 Å². The molecule has 22 heavy (non-hydrogen) atoms. The molecule has 0 aliphatic heterocycles. The fourth-order valence-electron chi connectivity index (χ4n) is 2.34. The molecule has 0 saturated heterocycles. The molecule has 2 aromatic rings. The zero-order valence-electron chi connectivity index (χ0n) is 12.9. The zero-order chi connectivity index (χ0) is 15.9. The number of hydrogen-bond donors (Lipinski definition) is 0. The van der Waals surface area contributed by atoms with E-state index in [0.29, 0.717) is 0 Å². The molecule has 0 spiro atoms. The smallest absolute Gasteiger partial charge is 0.145 e. The highest BCUT2D eigenvalue weighted by Gasteiger charge is 2.14. The van der Waals surface area contributed by atoms with Crippen LogP contribution in [0, 0.1) is 0 Å². The lowest BCUT2D eigenvalue weighted by Crippen LogP contribution is -2.00. The minimum Gasteiger partial charge on any atom is -0.292 e. The van der Waals surface area contributed by atoms with Crippen molar-refractivity contribution < 1.29 is 0 Å². The van der Waals surface area contributed by atoms with Gasteiger partial charge in [0.25, 0.3) is 0 Å². The van der Waals surface area contributed by atoms with Crippen LogP contribution in [0.5, 0.6) is 0 Å². The van der Waals surface area contributed by atoms with Crippen molar-refractivity contribution in [3.63, 3.8) is 0 Å². The fraction of sp³-hybridized carbons (Fsp3) is 0.0500. The van der Waals surface area contributed by atoms with Crippen LogP contribution in [0.15, 0.2) is 86.5 Å². The number of para-hydroxylation sites is 2. The number of nitrogens with zero attached hydrogens (tertiary/aromatic N) is 2. The third-order valence-electron chi connectivity index (χ3n) is 3.22. The van der Waals surface area contributed by atoms with Crippen molar-refractivity contribution in [3.05, 3.63) is 92.4 Å². The second-order valence-electron chi connectivity index (χ2n) is 4.65. The first kappa shape index (κ1) is 15.5. The minimum atomic E-state index is 0.835. The second kappa shape index (κ2) is 7.23. The molecule has 0 unspecified atom stereocenters. The Morgan fingerprint density at radius 3 is 2.45 bits per heavy atom. The summed E-state index contributed by atoms with van der Waals surface area (Å²) in [6.45, 7) is 13.5. The number of benzene rings is 1. The van der Waals surface area contributed by atoms with Crippen molar-refractivity contribution in [1.29, 1.82) is 0 Å². The molecule has 0 atom stereocenters. The molecule has 0 aliphatic carbocycles. The van der Waals surface area contributed by atoms with Gasteiger partial charge in [0.05, 0.1) is 11.0 Å². The summed E-state index contributed by atoms with van der Waals surface area (Å²) < 4.78 is 2.11. The standard InChI is InChI=1S/C20H20N2/c1-5-11-16(8-4)20-21-18-14-9-10-15-19(18)22(20)17(12-6-2)13-7-3/h5-15H,1-2,4H2,3H3/b13-7-,16-11+,17-12+. The third kappa shape index (κ3) is 2.91. The van der Waals surface area contributed by atoms with Gasteiger partial charge in [-0.05, 0) is 31.2 Å². The fourth-order valence-corrected chi connectivity index (χ4v) is 2.34. The number of aromatic nitrogens is 2. The van der Waals surface area contributed by atoms with Gasteiger partial charge in [-0.15, -0.1) is 0 Å². The van der Waals surface area contributed by atoms with Crippen molar-refractivity contribution in [3.8, 4) is 0 Å². The van der Waals surface area contributed by atoms with Gasteiger partial charge in [-0.2, -0.15) is 0 Å². The second-order valence-corrected chi connectivity index (χ2v) is 4.65. The Morgan fingerprint density at radius 2 is 1.82 bits per heavy atom. The van der Waals surface area contributed by atoms with E-state index in [9.17, 15) is 0 Å². The number of fused-ring (bicyclic) bond motifs is 1. The Labute approximate surface area is 131 Å². The Bertz CT molecular complexity index is 798. The van der Waals surface area contributed by atoms with Crippen LogP contribution in [-0.4, -0.2) is 9.55 Å². The molecule has 0 saturated carbocycles. The van der Waals surface area contributed by atoms with Gasteiger partial charge in [0.15, 0.2) is 0 Å². The van der Waals surface area contributed by atoms with Crippen LogP contribution in [0.3, 0.4) is 0 Å². The van der Waals surface area contributed by atoms with E-state index in [1.165, 1.54) is 0 Å². The predicted octanol–water partition coefficient (Wildman–Crippen LogP) is 5.39. The lowest BCUT2D eigenvalue weighted by Gasteiger charge is -2.10. The minimum absolute atomic E-state index is 0.835. The highest BCUT2D eigenvalue weighted by atomic mass is 15.1. The van der Waals surface area contributed by atoms with Gasteiger partial charge >= 0.3 is 0 Å². The molecular formula is C20H20N2. The summed E-state index contributed by atoms with van der Waals surface area (Å²) >= 11 is 0. The van der Waals surface area contributed by atoms with Gasteiger partial charge in [0, 0.05) is 11.3 Å². The Balaban J connectivity index is 2.87. The summed E-state index contributed by atoms with van der Waals surface area (Å²) in [5.74, 6) is 0.835. The van der Waals surface area contributed by atoms with Gasteiger partial charge in [-0.1, -0.05) is 62.2 Å². The summed E-state index contributed by atoms with van der Waals surface area (Å²) in [5, 5.41) is 0. The Kier molecular flexibility index (Phi) is 5.10. The molecule has 0 N–H and O–H groups in total. The van der Waals surface area contributed by atoms with Gasteiger partial charge in [0.1, 0.15) is 5.82 Å². The van der Waals surface area contributed by atoms with Gasteiger partial charge in [-0.3, -0.25) is 4.57 Å². The maximum Gasteiger partial charge on any atom is 0.145 e. The SMILES string of the molecule is C=C/C=C(\C=C)c1nc2ccccc2n1C(/C=C\C)=C/C=C. The van der Waals surface area contributed by atoms with Crippen molar-refractivity contribution in [1.82, 2.24) is 9.55 Å². The number of allylic oxidation sites excluding steroid dienone is 9. The molecule has 0 radical (unpaired) electrons. The van der Waals surface area contributed by atoms with E-state index in [-0.39, 0.29) is 0 Å². The molecule has 0 amide bonds. The van der Waals surface area contributed by atoms with Crippen LogP contribution in [0.1, 0.15) is 12.7 Å². The van der Waals surface area contributed by atoms with E-state index in [1.54, 1.807) is 18.2 Å². The molecule has 1 aromatic carbocycles. The highest BCUT2D eigenvalue weighted by molar-refractivity contribution is 5.87. The van der Waals surface area contributed by atoms with Crippen LogP contribution >= 0.6 is 0 Å². The topological polar surface area (TPSA) is 17.8 Å². The summed E-state index contributed by atoms with van der Waals surface area (Å²) in [6.07, 6.45) is 13.2. The first-order valence-electron chi connectivity index (χ1n) is 7.15. The first-order chi connectivity index (χ1) is 10.8. The van der Waals surface area contributed by atoms with Gasteiger partial charge < -0.3 is 0 Å². The molecular weight excluding hydrogens is 268 g/mol. The average molecular weight is 288 g/mol. The maximum absolute atomic E-state index is 4.75. The summed E-state index contributed by atoms with van der Waals surface area (Å²) in [5.41, 5.74) is 3.90. The maximum atomic E-state index is 4.75. The van der Waals surface area contributed by atoms with Crippen LogP contribution < -0.4 is 0 Å². The summed E-state index contributed by atoms with van der Waals surface area (Å²) in [4.78, 5) is 4.75. The Hall–Kier alpha value is -2.87. The molecule has 1 aromatic heterocycles. The molecule has 110 valence electrons. The summed E-state index contributed by atoms with van der Waals surface area (Å²) in [7, 11) is 0. The van der Waals surface area contributed by atoms with Crippen LogP contribution in [0.4, 0.5) is 0 Å². The van der Waals surface area contributed by atoms with E-state index in [0.717, 1.165) is 28.1 Å². The van der Waals surface area contributed by atoms with Gasteiger partial charge in [0.2, 0.25) is 0 Å². The monoisotopic (exact) mass is 288 g/mol. The van der Waals surface area contributed by atoms with E-state index in [2.05, 4.69) is 30.4 Å². The zero-order valence-corrected chi connectivity index (χ0v) is 12.9. The molecule has 0 bridgehead atoms. The van der Waals surface area contributed by atoms with Crippen molar-refractivity contribution in [2.24, 2.45) is 0 Å². The largest absolute Gasteiger partial charge is 0.292 e. The lowest BCUT2D eigenvalue weighted by molar-refractivity contribution is 1.09. The molecule has 2 nitrogen and oxygen atoms in total. The van der Waals surface area contributed by atoms with Crippen LogP contribution in [0.2, 0.25) is 0 Å². The third-order valence-corrected chi connectivity index (χ3v) is 3.22. The molecule has 0 aliphatic rings. The Morgan fingerprint density at radius 1 is 1.09 bits per heavy atom. The average Bonchev–Trinajstić information content (AvgIpc) is 2.91. The molecule has 1 heterocycles. The van der Waals surface area contributed by atoms with E-state index in [1.807, 2.05) is 49.4 Å². The lowest BCUT2D eigenvalue weighted by atomic mass is 10.2. The predicted molar refractivity (Wildman–Crippen MR) is 97.4 cm³/mol. The number of imidazole rings is 1. The van der Waals surface area contributed by atoms with Crippen LogP contribution in [-0.2, 0) is 0 Å².